The van der Waals surface area contributed by atoms with Crippen molar-refractivity contribution in [3.63, 3.8) is 0 Å². The molecule has 0 saturated carbocycles. The minimum Gasteiger partial charge on any atom is -0.457 e. The van der Waals surface area contributed by atoms with Gasteiger partial charge in [-0.25, -0.2) is 0 Å². The summed E-state index contributed by atoms with van der Waals surface area (Å²) in [6.07, 6.45) is 39.9. The maximum Gasteiger partial charge on any atom is 0.306 e. The molecule has 0 radical (unpaired) electrons. The van der Waals surface area contributed by atoms with Gasteiger partial charge in [0.05, 0.1) is 26.4 Å². The number of allylic oxidation sites excluding steroid dienone is 10. The molecule has 11 atom stereocenters. The van der Waals surface area contributed by atoms with Crippen LogP contribution >= 0.6 is 0 Å². The number of aliphatic hydroxyl groups excluding tert-OH is 7. The first kappa shape index (κ1) is 66.8. The summed E-state index contributed by atoms with van der Waals surface area (Å²) in [6, 6.07) is 0. The Morgan fingerprint density at radius 1 is 0.466 bits per heavy atom. The highest BCUT2D eigenvalue weighted by molar-refractivity contribution is 5.69. The zero-order valence-corrected chi connectivity index (χ0v) is 45.4. The molecule has 0 aromatic rings. The lowest BCUT2D eigenvalue weighted by Gasteiger charge is -2.42. The zero-order valence-electron chi connectivity index (χ0n) is 45.4. The monoisotopic (exact) mass is 1040 g/mol. The van der Waals surface area contributed by atoms with Crippen molar-refractivity contribution in [3.8, 4) is 0 Å². The van der Waals surface area contributed by atoms with Crippen molar-refractivity contribution in [1.82, 2.24) is 0 Å². The maximum absolute atomic E-state index is 13.1. The third-order valence-electron chi connectivity index (χ3n) is 13.5. The van der Waals surface area contributed by atoms with Gasteiger partial charge in [-0.1, -0.05) is 184 Å². The maximum atomic E-state index is 13.1. The lowest BCUT2D eigenvalue weighted by atomic mass is 9.98. The SMILES string of the molecule is CC/C=C\C/C=C\C/C=C\C/C=C\CCCCCCCCCOCC(COC1OC(COC2OC(CO)C(O)C(O)C2O)C(O)C(O)C1O)OC(=O)CCCCCCCCCCC/C=C\CCCCCCCC. The van der Waals surface area contributed by atoms with Crippen LogP contribution in [0.15, 0.2) is 60.8 Å². The number of esters is 1. The fourth-order valence-electron chi connectivity index (χ4n) is 8.86. The van der Waals surface area contributed by atoms with Gasteiger partial charge in [0.15, 0.2) is 12.6 Å². The molecule has 2 rings (SSSR count). The van der Waals surface area contributed by atoms with E-state index in [9.17, 15) is 40.5 Å². The van der Waals surface area contributed by atoms with Gasteiger partial charge in [-0.05, 0) is 77.0 Å². The molecule has 14 nitrogen and oxygen atoms in total. The van der Waals surface area contributed by atoms with E-state index in [4.69, 9.17) is 28.4 Å². The molecule has 0 aliphatic carbocycles. The van der Waals surface area contributed by atoms with Gasteiger partial charge in [0.1, 0.15) is 54.9 Å². The Hall–Kier alpha value is -2.31. The molecule has 2 heterocycles. The highest BCUT2D eigenvalue weighted by atomic mass is 16.7. The number of rotatable bonds is 46. The van der Waals surface area contributed by atoms with Crippen LogP contribution in [-0.4, -0.2) is 142 Å². The van der Waals surface area contributed by atoms with Crippen molar-refractivity contribution in [3.05, 3.63) is 60.8 Å². The Labute approximate surface area is 441 Å². The lowest BCUT2D eigenvalue weighted by molar-refractivity contribution is -0.332. The van der Waals surface area contributed by atoms with Gasteiger partial charge < -0.3 is 64.2 Å². The fourth-order valence-corrected chi connectivity index (χ4v) is 8.86. The van der Waals surface area contributed by atoms with Crippen molar-refractivity contribution >= 4 is 5.97 Å². The largest absolute Gasteiger partial charge is 0.457 e. The average molecular weight is 1040 g/mol. The number of carbonyl (C=O) groups excluding carboxylic acids is 1. The Bertz CT molecular complexity index is 1440. The van der Waals surface area contributed by atoms with Crippen LogP contribution in [0.2, 0.25) is 0 Å². The van der Waals surface area contributed by atoms with Crippen LogP contribution in [0.5, 0.6) is 0 Å². The number of hydrogen-bond acceptors (Lipinski definition) is 14. The molecule has 0 aromatic heterocycles. The van der Waals surface area contributed by atoms with E-state index in [1.165, 1.54) is 109 Å². The molecule has 0 amide bonds. The van der Waals surface area contributed by atoms with E-state index in [-0.39, 0.29) is 25.6 Å². The van der Waals surface area contributed by atoms with E-state index in [1.807, 2.05) is 0 Å². The molecule has 2 fully saturated rings. The van der Waals surface area contributed by atoms with Crippen molar-refractivity contribution in [2.75, 3.05) is 33.0 Å². The Morgan fingerprint density at radius 2 is 0.890 bits per heavy atom. The van der Waals surface area contributed by atoms with Gasteiger partial charge in [0.2, 0.25) is 0 Å². The first-order chi connectivity index (χ1) is 35.6. The average Bonchev–Trinajstić information content (AvgIpc) is 3.39. The second-order valence-electron chi connectivity index (χ2n) is 20.1. The number of unbranched alkanes of at least 4 members (excludes halogenated alkanes) is 22. The summed E-state index contributed by atoms with van der Waals surface area (Å²) < 4.78 is 34.4. The summed E-state index contributed by atoms with van der Waals surface area (Å²) in [5, 5.41) is 72.3. The lowest BCUT2D eigenvalue weighted by Crippen LogP contribution is -2.61. The predicted octanol–water partition coefficient (Wildman–Crippen LogP) is 10.1. The first-order valence-corrected chi connectivity index (χ1v) is 28.9. The summed E-state index contributed by atoms with van der Waals surface area (Å²) in [4.78, 5) is 13.1. The predicted molar refractivity (Wildman–Crippen MR) is 289 cm³/mol. The van der Waals surface area contributed by atoms with Crippen LogP contribution in [0.25, 0.3) is 0 Å². The molecule has 2 aliphatic heterocycles. The number of hydrogen-bond donors (Lipinski definition) is 7. The molecular weight excluding hydrogens is 933 g/mol. The van der Waals surface area contributed by atoms with Gasteiger partial charge >= 0.3 is 5.97 Å². The molecule has 11 unspecified atom stereocenters. The van der Waals surface area contributed by atoms with E-state index in [0.29, 0.717) is 13.0 Å². The van der Waals surface area contributed by atoms with Crippen molar-refractivity contribution in [2.45, 2.75) is 274 Å². The highest BCUT2D eigenvalue weighted by Crippen LogP contribution is 2.26. The molecule has 424 valence electrons. The summed E-state index contributed by atoms with van der Waals surface area (Å²) in [6.45, 7) is 3.56. The zero-order chi connectivity index (χ0) is 53.0. The summed E-state index contributed by atoms with van der Waals surface area (Å²) in [7, 11) is 0. The van der Waals surface area contributed by atoms with E-state index < -0.39 is 80.7 Å². The number of aliphatic hydroxyl groups is 7. The van der Waals surface area contributed by atoms with Crippen molar-refractivity contribution in [2.24, 2.45) is 0 Å². The standard InChI is InChI=1S/C59H104O14/c1-3-5-7-9-11-13-15-17-19-21-23-25-27-29-31-33-35-37-39-41-43-68-45-48(71-51(61)42-40-38-36-34-32-30-28-26-24-22-20-18-16-14-12-10-8-6-4-2)46-69-58-57(67)55(65)53(63)50(73-58)47-70-59-56(66)54(64)52(62)49(44-60)72-59/h5,7,11,13,17-20,23,25,48-50,52-60,62-67H,3-4,6,8-10,12,14-16,21-22,24,26-47H2,1-2H3/b7-5-,13-11-,19-17-,20-18-,25-23-. The van der Waals surface area contributed by atoms with Crippen LogP contribution in [0.3, 0.4) is 0 Å². The molecule has 7 N–H and O–H groups in total. The minimum absolute atomic E-state index is 0.0517. The molecule has 0 aromatic carbocycles. The third kappa shape index (κ3) is 32.8. The molecule has 2 saturated heterocycles. The smallest absolute Gasteiger partial charge is 0.306 e. The van der Waals surface area contributed by atoms with Crippen LogP contribution in [-0.2, 0) is 33.2 Å². The molecule has 73 heavy (non-hydrogen) atoms. The second kappa shape index (κ2) is 45.8. The Kier molecular flexibility index (Phi) is 42.0. The van der Waals surface area contributed by atoms with Crippen LogP contribution < -0.4 is 0 Å². The van der Waals surface area contributed by atoms with Gasteiger partial charge in [-0.3, -0.25) is 4.79 Å². The van der Waals surface area contributed by atoms with E-state index in [1.54, 1.807) is 0 Å². The Balaban J connectivity index is 1.73. The van der Waals surface area contributed by atoms with E-state index in [0.717, 1.165) is 70.6 Å². The topological polar surface area (TPSA) is 214 Å². The second-order valence-corrected chi connectivity index (χ2v) is 20.1. The van der Waals surface area contributed by atoms with Crippen molar-refractivity contribution in [1.29, 1.82) is 0 Å². The van der Waals surface area contributed by atoms with Gasteiger partial charge in [-0.2, -0.15) is 0 Å². The summed E-state index contributed by atoms with van der Waals surface area (Å²) in [5.41, 5.74) is 0. The summed E-state index contributed by atoms with van der Waals surface area (Å²) in [5.74, 6) is -0.383. The number of carbonyl (C=O) groups is 1. The molecule has 2 aliphatic rings. The quantitative estimate of drug-likeness (QED) is 0.0172. The van der Waals surface area contributed by atoms with E-state index in [2.05, 4.69) is 74.6 Å². The molecule has 14 heteroatoms. The fraction of sp³-hybridized carbons (Fsp3) is 0.814. The van der Waals surface area contributed by atoms with Crippen molar-refractivity contribution < 1.29 is 69.0 Å². The molecular formula is C59H104O14. The normalized spacial score (nSPS) is 25.4. The van der Waals surface area contributed by atoms with E-state index >= 15 is 0 Å². The van der Waals surface area contributed by atoms with Gasteiger partial charge in [0, 0.05) is 13.0 Å². The highest BCUT2D eigenvalue weighted by Gasteiger charge is 2.47. The van der Waals surface area contributed by atoms with Gasteiger partial charge in [-0.15, -0.1) is 0 Å². The van der Waals surface area contributed by atoms with Crippen LogP contribution in [0, 0.1) is 0 Å². The molecule has 0 spiro atoms. The third-order valence-corrected chi connectivity index (χ3v) is 13.5. The van der Waals surface area contributed by atoms with Crippen LogP contribution in [0.1, 0.15) is 206 Å². The Morgan fingerprint density at radius 3 is 1.41 bits per heavy atom. The van der Waals surface area contributed by atoms with Crippen LogP contribution in [0.4, 0.5) is 0 Å². The first-order valence-electron chi connectivity index (χ1n) is 28.9. The molecule has 0 bridgehead atoms. The summed E-state index contributed by atoms with van der Waals surface area (Å²) >= 11 is 0. The minimum atomic E-state index is -1.71. The number of ether oxygens (including phenoxy) is 6. The van der Waals surface area contributed by atoms with Gasteiger partial charge in [0.25, 0.3) is 0 Å².